The molecule has 2 heteroatoms. The van der Waals surface area contributed by atoms with E-state index in [1.807, 2.05) is 0 Å². The second kappa shape index (κ2) is 5.17. The molecule has 0 heterocycles. The SMILES string of the molecule is CCN(C)C(C)Nc1ccc(C)cc1C. The van der Waals surface area contributed by atoms with Crippen LogP contribution in [0.1, 0.15) is 25.0 Å². The maximum atomic E-state index is 3.51. The molecule has 0 aliphatic rings. The monoisotopic (exact) mass is 206 g/mol. The molecule has 1 atom stereocenters. The van der Waals surface area contributed by atoms with Crippen molar-refractivity contribution in [3.63, 3.8) is 0 Å². The molecule has 2 nitrogen and oxygen atoms in total. The van der Waals surface area contributed by atoms with E-state index in [2.05, 4.69) is 63.2 Å². The largest absolute Gasteiger partial charge is 0.370 e. The summed E-state index contributed by atoms with van der Waals surface area (Å²) in [5.41, 5.74) is 3.86. The van der Waals surface area contributed by atoms with Crippen molar-refractivity contribution in [2.45, 2.75) is 33.9 Å². The first kappa shape index (κ1) is 12.1. The number of anilines is 1. The zero-order valence-electron chi connectivity index (χ0n) is 10.5. The van der Waals surface area contributed by atoms with Crippen LogP contribution in [0.4, 0.5) is 5.69 Å². The Morgan fingerprint density at radius 2 is 2.00 bits per heavy atom. The summed E-state index contributed by atoms with van der Waals surface area (Å²) in [5, 5.41) is 3.51. The molecule has 1 N–H and O–H groups in total. The van der Waals surface area contributed by atoms with E-state index in [0.29, 0.717) is 6.17 Å². The van der Waals surface area contributed by atoms with Crippen LogP contribution in [-0.2, 0) is 0 Å². The van der Waals surface area contributed by atoms with Crippen LogP contribution in [0.5, 0.6) is 0 Å². The molecule has 1 aromatic rings. The van der Waals surface area contributed by atoms with Crippen molar-refractivity contribution in [3.8, 4) is 0 Å². The van der Waals surface area contributed by atoms with Gasteiger partial charge in [-0.2, -0.15) is 0 Å². The molecule has 0 spiro atoms. The molecule has 0 bridgehead atoms. The Bertz CT molecular complexity index is 320. The lowest BCUT2D eigenvalue weighted by Gasteiger charge is -2.26. The Morgan fingerprint density at radius 1 is 1.33 bits per heavy atom. The molecular formula is C13H22N2. The molecule has 84 valence electrons. The van der Waals surface area contributed by atoms with E-state index in [1.54, 1.807) is 0 Å². The van der Waals surface area contributed by atoms with Gasteiger partial charge in [-0.1, -0.05) is 24.6 Å². The molecule has 0 aliphatic carbocycles. The fraction of sp³-hybridized carbons (Fsp3) is 0.538. The molecule has 0 saturated heterocycles. The van der Waals surface area contributed by atoms with Crippen LogP contribution in [0.25, 0.3) is 0 Å². The number of rotatable bonds is 4. The van der Waals surface area contributed by atoms with Crippen molar-refractivity contribution in [3.05, 3.63) is 29.3 Å². The third-order valence-corrected chi connectivity index (χ3v) is 2.91. The molecular weight excluding hydrogens is 184 g/mol. The molecule has 0 aromatic heterocycles. The topological polar surface area (TPSA) is 15.3 Å². The maximum absolute atomic E-state index is 3.51. The van der Waals surface area contributed by atoms with E-state index in [0.717, 1.165) is 6.54 Å². The average molecular weight is 206 g/mol. The normalized spacial score (nSPS) is 12.9. The number of nitrogens with zero attached hydrogens (tertiary/aromatic N) is 1. The Morgan fingerprint density at radius 3 is 2.53 bits per heavy atom. The first-order valence-corrected chi connectivity index (χ1v) is 5.58. The number of benzene rings is 1. The first-order valence-electron chi connectivity index (χ1n) is 5.58. The maximum Gasteiger partial charge on any atom is 0.0761 e. The minimum atomic E-state index is 0.372. The van der Waals surface area contributed by atoms with Gasteiger partial charge in [-0.05, 0) is 46.0 Å². The Labute approximate surface area is 93.3 Å². The van der Waals surface area contributed by atoms with E-state index < -0.39 is 0 Å². The molecule has 0 saturated carbocycles. The summed E-state index contributed by atoms with van der Waals surface area (Å²) in [6, 6.07) is 6.51. The Kier molecular flexibility index (Phi) is 4.15. The van der Waals surface area contributed by atoms with Crippen LogP contribution in [0.15, 0.2) is 18.2 Å². The highest BCUT2D eigenvalue weighted by molar-refractivity contribution is 5.52. The highest BCUT2D eigenvalue weighted by atomic mass is 15.2. The van der Waals surface area contributed by atoms with E-state index in [9.17, 15) is 0 Å². The van der Waals surface area contributed by atoms with E-state index in [1.165, 1.54) is 16.8 Å². The fourth-order valence-electron chi connectivity index (χ4n) is 1.58. The van der Waals surface area contributed by atoms with Crippen molar-refractivity contribution < 1.29 is 0 Å². The summed E-state index contributed by atoms with van der Waals surface area (Å²) < 4.78 is 0. The highest BCUT2D eigenvalue weighted by Crippen LogP contribution is 2.17. The smallest absolute Gasteiger partial charge is 0.0761 e. The standard InChI is InChI=1S/C13H22N2/c1-6-15(5)12(4)14-13-8-7-10(2)9-11(13)3/h7-9,12,14H,6H2,1-5H3. The molecule has 1 unspecified atom stereocenters. The summed E-state index contributed by atoms with van der Waals surface area (Å²) in [6.07, 6.45) is 0.372. The van der Waals surface area contributed by atoms with Gasteiger partial charge in [0.1, 0.15) is 0 Å². The van der Waals surface area contributed by atoms with Gasteiger partial charge in [0, 0.05) is 5.69 Å². The molecule has 1 aromatic carbocycles. The van der Waals surface area contributed by atoms with Crippen LogP contribution in [0.2, 0.25) is 0 Å². The summed E-state index contributed by atoms with van der Waals surface area (Å²) in [4.78, 5) is 2.28. The predicted molar refractivity (Wildman–Crippen MR) is 67.3 cm³/mol. The van der Waals surface area contributed by atoms with Gasteiger partial charge >= 0.3 is 0 Å². The van der Waals surface area contributed by atoms with Crippen molar-refractivity contribution in [2.24, 2.45) is 0 Å². The van der Waals surface area contributed by atoms with E-state index in [-0.39, 0.29) is 0 Å². The number of nitrogens with one attached hydrogen (secondary N) is 1. The van der Waals surface area contributed by atoms with Gasteiger partial charge in [0.2, 0.25) is 0 Å². The van der Waals surface area contributed by atoms with Crippen LogP contribution in [0, 0.1) is 13.8 Å². The molecule has 0 fully saturated rings. The van der Waals surface area contributed by atoms with Gasteiger partial charge in [0.05, 0.1) is 6.17 Å². The summed E-state index contributed by atoms with van der Waals surface area (Å²) in [6.45, 7) is 9.68. The van der Waals surface area contributed by atoms with Crippen LogP contribution in [-0.4, -0.2) is 24.7 Å². The minimum Gasteiger partial charge on any atom is -0.370 e. The molecule has 0 aliphatic heterocycles. The van der Waals surface area contributed by atoms with Crippen LogP contribution >= 0.6 is 0 Å². The lowest BCUT2D eigenvalue weighted by Crippen LogP contribution is -2.35. The molecule has 0 radical (unpaired) electrons. The summed E-state index contributed by atoms with van der Waals surface area (Å²) >= 11 is 0. The third-order valence-electron chi connectivity index (χ3n) is 2.91. The van der Waals surface area contributed by atoms with Gasteiger partial charge in [-0.3, -0.25) is 4.90 Å². The third kappa shape index (κ3) is 3.24. The fourth-order valence-corrected chi connectivity index (χ4v) is 1.58. The summed E-state index contributed by atoms with van der Waals surface area (Å²) in [5.74, 6) is 0. The Balaban J connectivity index is 2.72. The lowest BCUT2D eigenvalue weighted by atomic mass is 10.1. The van der Waals surface area contributed by atoms with Crippen LogP contribution in [0.3, 0.4) is 0 Å². The van der Waals surface area contributed by atoms with Crippen molar-refractivity contribution in [1.82, 2.24) is 4.90 Å². The number of aryl methyl sites for hydroxylation is 2. The first-order chi connectivity index (χ1) is 7.04. The van der Waals surface area contributed by atoms with Crippen LogP contribution < -0.4 is 5.32 Å². The molecule has 1 rings (SSSR count). The van der Waals surface area contributed by atoms with Crippen molar-refractivity contribution in [1.29, 1.82) is 0 Å². The van der Waals surface area contributed by atoms with Gasteiger partial charge in [-0.15, -0.1) is 0 Å². The second-order valence-electron chi connectivity index (χ2n) is 4.21. The van der Waals surface area contributed by atoms with Gasteiger partial charge in [-0.25, -0.2) is 0 Å². The van der Waals surface area contributed by atoms with E-state index >= 15 is 0 Å². The second-order valence-corrected chi connectivity index (χ2v) is 4.21. The van der Waals surface area contributed by atoms with Gasteiger partial charge in [0.25, 0.3) is 0 Å². The van der Waals surface area contributed by atoms with E-state index in [4.69, 9.17) is 0 Å². The average Bonchev–Trinajstić information content (AvgIpc) is 2.20. The molecule has 15 heavy (non-hydrogen) atoms. The highest BCUT2D eigenvalue weighted by Gasteiger charge is 2.07. The number of hydrogen-bond donors (Lipinski definition) is 1. The van der Waals surface area contributed by atoms with Gasteiger partial charge < -0.3 is 5.32 Å². The minimum absolute atomic E-state index is 0.372. The number of hydrogen-bond acceptors (Lipinski definition) is 2. The molecule has 0 amide bonds. The zero-order chi connectivity index (χ0) is 11.4. The van der Waals surface area contributed by atoms with Crippen molar-refractivity contribution >= 4 is 5.69 Å². The lowest BCUT2D eigenvalue weighted by molar-refractivity contribution is 0.296. The Hall–Kier alpha value is -1.02. The van der Waals surface area contributed by atoms with Gasteiger partial charge in [0.15, 0.2) is 0 Å². The quantitative estimate of drug-likeness (QED) is 0.762. The summed E-state index contributed by atoms with van der Waals surface area (Å²) in [7, 11) is 2.13. The predicted octanol–water partition coefficient (Wildman–Crippen LogP) is 3.01. The zero-order valence-corrected chi connectivity index (χ0v) is 10.5. The van der Waals surface area contributed by atoms with Crippen molar-refractivity contribution in [2.75, 3.05) is 18.9 Å².